The van der Waals surface area contributed by atoms with Crippen LogP contribution in [0.4, 0.5) is 16.2 Å². The van der Waals surface area contributed by atoms with Gasteiger partial charge in [-0.25, -0.2) is 9.78 Å². The zero-order valence-corrected chi connectivity index (χ0v) is 30.5. The molecule has 1 N–H and O–H groups in total. The molecule has 0 aliphatic carbocycles. The van der Waals surface area contributed by atoms with E-state index in [2.05, 4.69) is 38.1 Å². The molecule has 3 aliphatic heterocycles. The Morgan fingerprint density at radius 3 is 2.60 bits per heavy atom. The van der Waals surface area contributed by atoms with Crippen LogP contribution in [0.15, 0.2) is 55.1 Å². The average Bonchev–Trinajstić information content (AvgIpc) is 3.61. The highest BCUT2D eigenvalue weighted by Gasteiger charge is 2.30. The normalized spacial score (nSPS) is 18.7. The Kier molecular flexibility index (Phi) is 11.0. The fourth-order valence-electron chi connectivity index (χ4n) is 7.50. The highest BCUT2D eigenvalue weighted by Crippen LogP contribution is 2.32. The molecule has 1 atom stereocenters. The van der Waals surface area contributed by atoms with Gasteiger partial charge in [-0.15, -0.1) is 0 Å². The van der Waals surface area contributed by atoms with E-state index in [1.54, 1.807) is 47.9 Å². The van der Waals surface area contributed by atoms with Crippen molar-refractivity contribution in [3.63, 3.8) is 0 Å². The monoisotopic (exact) mass is 738 g/mol. The van der Waals surface area contributed by atoms with Crippen LogP contribution in [-0.4, -0.2) is 106 Å². The van der Waals surface area contributed by atoms with Crippen molar-refractivity contribution in [2.24, 2.45) is 0 Å². The number of likely N-dealkylation sites (tertiary alicyclic amines) is 1. The Morgan fingerprint density at radius 2 is 1.87 bits per heavy atom. The van der Waals surface area contributed by atoms with Gasteiger partial charge in [0.1, 0.15) is 6.07 Å². The maximum Gasteiger partial charge on any atom is 0.328 e. The Bertz CT molecular complexity index is 2010. The predicted molar refractivity (Wildman–Crippen MR) is 200 cm³/mol. The van der Waals surface area contributed by atoms with E-state index in [1.807, 2.05) is 21.7 Å². The number of carbonyl (C=O) groups excluding carboxylic acids is 3. The summed E-state index contributed by atoms with van der Waals surface area (Å²) in [4.78, 5) is 54.2. The average molecular weight is 739 g/mol. The predicted octanol–water partition coefficient (Wildman–Crippen LogP) is 5.03. The van der Waals surface area contributed by atoms with Crippen molar-refractivity contribution in [3.8, 4) is 11.9 Å². The lowest BCUT2D eigenvalue weighted by molar-refractivity contribution is -0.120. The van der Waals surface area contributed by atoms with Gasteiger partial charge in [0.05, 0.1) is 58.6 Å². The number of benzene rings is 1. The number of piperazine rings is 1. The molecule has 3 aromatic heterocycles. The van der Waals surface area contributed by atoms with Crippen LogP contribution in [0.25, 0.3) is 10.9 Å². The topological polar surface area (TPSA) is 153 Å². The summed E-state index contributed by atoms with van der Waals surface area (Å²) in [6.07, 6.45) is 12.1. The smallest absolute Gasteiger partial charge is 0.328 e. The summed E-state index contributed by atoms with van der Waals surface area (Å²) in [6.45, 7) is 7.79. The first kappa shape index (κ1) is 36.1. The molecule has 3 aliphatic rings. The molecular weight excluding hydrogens is 696 g/mol. The van der Waals surface area contributed by atoms with E-state index >= 15 is 0 Å². The van der Waals surface area contributed by atoms with Crippen molar-refractivity contribution in [3.05, 3.63) is 71.3 Å². The number of nitrogens with one attached hydrogen (secondary N) is 1. The van der Waals surface area contributed by atoms with Crippen molar-refractivity contribution in [2.75, 3.05) is 62.2 Å². The van der Waals surface area contributed by atoms with Crippen molar-refractivity contribution in [1.82, 2.24) is 34.9 Å². The number of ether oxygens (including phenoxy) is 1. The van der Waals surface area contributed by atoms with E-state index in [1.165, 1.54) is 0 Å². The van der Waals surface area contributed by atoms with Crippen LogP contribution in [-0.2, 0) is 4.79 Å². The zero-order chi connectivity index (χ0) is 36.9. The van der Waals surface area contributed by atoms with Gasteiger partial charge < -0.3 is 19.4 Å². The second-order valence-electron chi connectivity index (χ2n) is 13.9. The number of urea groups is 1. The first-order chi connectivity index (χ1) is 25.8. The number of carbonyl (C=O) groups is 3. The van der Waals surface area contributed by atoms with Crippen LogP contribution in [0.5, 0.6) is 5.88 Å². The Hall–Kier alpha value is -5.26. The van der Waals surface area contributed by atoms with Crippen LogP contribution < -0.4 is 19.9 Å². The number of piperidine rings is 1. The SMILES string of the molecule is CC1CN(C(=O)c2ccc(OCCCCCN3CCC(n4ncc5c(N6CCC(=O)NC6=O)cncc54)CC3)nc2)CCN1c1ccc(C#N)c(Cl)c1. The summed E-state index contributed by atoms with van der Waals surface area (Å²) < 4.78 is 7.93. The van der Waals surface area contributed by atoms with Crippen LogP contribution in [0.1, 0.15) is 67.4 Å². The van der Waals surface area contributed by atoms with Gasteiger partial charge in [0.25, 0.3) is 5.91 Å². The quantitative estimate of drug-likeness (QED) is 0.207. The lowest BCUT2D eigenvalue weighted by Crippen LogP contribution is -2.53. The molecule has 276 valence electrons. The third-order valence-corrected chi connectivity index (χ3v) is 10.7. The number of amides is 4. The van der Waals surface area contributed by atoms with E-state index in [0.29, 0.717) is 60.5 Å². The fraction of sp³-hybridized carbons (Fsp3) is 0.447. The standard InChI is InChI=1S/C38H43ClN10O4/c1-26-25-46(16-17-47(26)30-7-5-27(20-40)32(39)19-30)37(51)28-6-8-36(42-21-28)53-18-4-2-3-12-45-13-9-29(10-14-45)49-34-24-41-23-33(31(34)22-43-49)48-15-11-35(50)44-38(48)52/h5-8,19,21-24,26,29H,2-4,9-18,25H2,1H3,(H,44,50,52). The van der Waals surface area contributed by atoms with Gasteiger partial charge in [-0.3, -0.25) is 29.5 Å². The number of fused-ring (bicyclic) bond motifs is 1. The molecule has 1 unspecified atom stereocenters. The number of anilines is 2. The van der Waals surface area contributed by atoms with Crippen LogP contribution in [0, 0.1) is 11.3 Å². The molecular formula is C38H43ClN10O4. The molecule has 0 spiro atoms. The first-order valence-electron chi connectivity index (χ1n) is 18.3. The maximum atomic E-state index is 13.3. The number of hydrogen-bond acceptors (Lipinski definition) is 10. The summed E-state index contributed by atoms with van der Waals surface area (Å²) >= 11 is 6.26. The second kappa shape index (κ2) is 16.2. The number of unbranched alkanes of at least 4 members (excludes halogenated alkanes) is 2. The van der Waals surface area contributed by atoms with E-state index in [-0.39, 0.29) is 30.3 Å². The largest absolute Gasteiger partial charge is 0.478 e. The van der Waals surface area contributed by atoms with E-state index in [0.717, 1.165) is 68.3 Å². The molecule has 4 aromatic rings. The summed E-state index contributed by atoms with van der Waals surface area (Å²) in [7, 11) is 0. The molecule has 0 saturated carbocycles. The van der Waals surface area contributed by atoms with E-state index in [9.17, 15) is 14.4 Å². The van der Waals surface area contributed by atoms with Crippen molar-refractivity contribution in [1.29, 1.82) is 5.26 Å². The number of nitriles is 1. The third-order valence-electron chi connectivity index (χ3n) is 10.4. The minimum atomic E-state index is -0.423. The maximum absolute atomic E-state index is 13.3. The molecule has 7 rings (SSSR count). The molecule has 14 nitrogen and oxygen atoms in total. The van der Waals surface area contributed by atoms with E-state index in [4.69, 9.17) is 26.7 Å². The molecule has 15 heteroatoms. The Morgan fingerprint density at radius 1 is 1.02 bits per heavy atom. The van der Waals surface area contributed by atoms with Gasteiger partial charge in [0.2, 0.25) is 11.8 Å². The molecule has 0 radical (unpaired) electrons. The number of halogens is 1. The molecule has 0 bridgehead atoms. The first-order valence-corrected chi connectivity index (χ1v) is 18.7. The number of pyridine rings is 2. The lowest BCUT2D eigenvalue weighted by Gasteiger charge is -2.41. The van der Waals surface area contributed by atoms with Gasteiger partial charge in [-0.1, -0.05) is 11.6 Å². The number of nitrogens with zero attached hydrogens (tertiary/aromatic N) is 9. The summed E-state index contributed by atoms with van der Waals surface area (Å²) in [5.74, 6) is 0.204. The summed E-state index contributed by atoms with van der Waals surface area (Å²) in [5.41, 5.74) is 3.51. The molecule has 53 heavy (non-hydrogen) atoms. The zero-order valence-electron chi connectivity index (χ0n) is 29.8. The van der Waals surface area contributed by atoms with Gasteiger partial charge in [0.15, 0.2) is 0 Å². The molecule has 4 amide bonds. The van der Waals surface area contributed by atoms with Gasteiger partial charge >= 0.3 is 6.03 Å². The molecule has 6 heterocycles. The van der Waals surface area contributed by atoms with Crippen molar-refractivity contribution >= 4 is 51.7 Å². The Balaban J connectivity index is 0.801. The number of hydrogen-bond donors (Lipinski definition) is 1. The minimum Gasteiger partial charge on any atom is -0.478 e. The van der Waals surface area contributed by atoms with Crippen LogP contribution in [0.2, 0.25) is 5.02 Å². The molecule has 1 aromatic carbocycles. The fourth-order valence-corrected chi connectivity index (χ4v) is 7.72. The molecule has 3 fully saturated rings. The van der Waals surface area contributed by atoms with Gasteiger partial charge in [-0.05, 0) is 69.8 Å². The minimum absolute atomic E-state index is 0.0513. The highest BCUT2D eigenvalue weighted by atomic mass is 35.5. The summed E-state index contributed by atoms with van der Waals surface area (Å²) in [5, 5.41) is 17.5. The van der Waals surface area contributed by atoms with Crippen molar-refractivity contribution < 1.29 is 19.1 Å². The number of aromatic nitrogens is 4. The summed E-state index contributed by atoms with van der Waals surface area (Å²) in [6, 6.07) is 11.0. The van der Waals surface area contributed by atoms with Crippen LogP contribution >= 0.6 is 11.6 Å². The number of imide groups is 1. The van der Waals surface area contributed by atoms with Gasteiger partial charge in [0, 0.05) is 75.1 Å². The van der Waals surface area contributed by atoms with Crippen molar-refractivity contribution in [2.45, 2.75) is 57.5 Å². The van der Waals surface area contributed by atoms with E-state index < -0.39 is 6.03 Å². The molecule has 3 saturated heterocycles. The highest BCUT2D eigenvalue weighted by molar-refractivity contribution is 6.32. The lowest BCUT2D eigenvalue weighted by atomic mass is 10.0. The van der Waals surface area contributed by atoms with Gasteiger partial charge in [-0.2, -0.15) is 10.4 Å². The number of rotatable bonds is 11. The Labute approximate surface area is 313 Å². The van der Waals surface area contributed by atoms with Crippen LogP contribution in [0.3, 0.4) is 0 Å². The second-order valence-corrected chi connectivity index (χ2v) is 14.3. The third kappa shape index (κ3) is 8.06.